The van der Waals surface area contributed by atoms with E-state index in [1.807, 2.05) is 20.8 Å². The second-order valence-corrected chi connectivity index (χ2v) is 7.38. The molecular weight excluding hydrogens is 320 g/mol. The number of fused-ring (bicyclic) bond motifs is 1. The van der Waals surface area contributed by atoms with Crippen LogP contribution in [0.2, 0.25) is 0 Å². The fourth-order valence-corrected chi connectivity index (χ4v) is 4.29. The van der Waals surface area contributed by atoms with Gasteiger partial charge in [0.05, 0.1) is 19.8 Å². The minimum Gasteiger partial charge on any atom is -0.493 e. The molecule has 0 radical (unpaired) electrons. The largest absolute Gasteiger partial charge is 0.493 e. The number of methoxy groups -OCH3 is 1. The minimum absolute atomic E-state index is 0.0480. The first-order valence-corrected chi connectivity index (χ1v) is 8.89. The van der Waals surface area contributed by atoms with Gasteiger partial charge in [-0.25, -0.2) is 0 Å². The van der Waals surface area contributed by atoms with Crippen LogP contribution in [0.1, 0.15) is 33.6 Å². The first-order valence-electron chi connectivity index (χ1n) is 8.89. The van der Waals surface area contributed by atoms with E-state index in [2.05, 4.69) is 5.32 Å². The van der Waals surface area contributed by atoms with Crippen LogP contribution in [0.3, 0.4) is 0 Å². The summed E-state index contributed by atoms with van der Waals surface area (Å²) in [5.74, 6) is 1.12. The molecule has 2 aliphatic rings. The van der Waals surface area contributed by atoms with Crippen molar-refractivity contribution in [3.05, 3.63) is 18.2 Å². The number of ether oxygens (including phenoxy) is 3. The third-order valence-corrected chi connectivity index (χ3v) is 5.78. The van der Waals surface area contributed by atoms with Gasteiger partial charge in [0.15, 0.2) is 11.5 Å². The van der Waals surface area contributed by atoms with Crippen molar-refractivity contribution in [2.45, 2.75) is 45.3 Å². The Hall–Kier alpha value is -1.79. The number of benzene rings is 1. The van der Waals surface area contributed by atoms with E-state index < -0.39 is 11.0 Å². The van der Waals surface area contributed by atoms with Gasteiger partial charge in [-0.2, -0.15) is 0 Å². The Labute approximate surface area is 149 Å². The molecule has 0 bridgehead atoms. The van der Waals surface area contributed by atoms with Crippen LogP contribution in [0.5, 0.6) is 11.5 Å². The van der Waals surface area contributed by atoms with E-state index in [1.54, 1.807) is 25.3 Å². The van der Waals surface area contributed by atoms with Crippen molar-refractivity contribution in [1.82, 2.24) is 0 Å². The molecule has 1 saturated carbocycles. The third kappa shape index (κ3) is 2.68. The van der Waals surface area contributed by atoms with Crippen LogP contribution in [0.4, 0.5) is 5.69 Å². The molecule has 6 heteroatoms. The number of nitrogens with one attached hydrogen (secondary N) is 1. The van der Waals surface area contributed by atoms with E-state index in [0.29, 0.717) is 23.8 Å². The standard InChI is InChI=1S/C19H28N2O4/c1-5-24-15-11-12(8-9-14(15)23-4)21-17(22)19(20)13-7-6-10-25-16(13)18(19,2)3/h8-9,11,13,16H,5-7,10,20H2,1-4H3,(H,21,22). The van der Waals surface area contributed by atoms with Gasteiger partial charge in [0.25, 0.3) is 0 Å². The van der Waals surface area contributed by atoms with Crippen molar-refractivity contribution < 1.29 is 19.0 Å². The fourth-order valence-electron chi connectivity index (χ4n) is 4.29. The lowest BCUT2D eigenvalue weighted by molar-refractivity contribution is -0.222. The molecule has 1 heterocycles. The molecule has 138 valence electrons. The number of nitrogens with two attached hydrogens (primary N) is 1. The topological polar surface area (TPSA) is 82.8 Å². The first kappa shape index (κ1) is 18.0. The van der Waals surface area contributed by atoms with Gasteiger partial charge in [-0.15, -0.1) is 0 Å². The highest BCUT2D eigenvalue weighted by molar-refractivity contribution is 6.00. The van der Waals surface area contributed by atoms with Gasteiger partial charge in [-0.1, -0.05) is 13.8 Å². The SMILES string of the molecule is CCOc1cc(NC(=O)C2(N)C3CCCOC3C2(C)C)ccc1OC. The quantitative estimate of drug-likeness (QED) is 0.854. The van der Waals surface area contributed by atoms with Crippen molar-refractivity contribution in [2.24, 2.45) is 17.1 Å². The average molecular weight is 348 g/mol. The molecule has 25 heavy (non-hydrogen) atoms. The molecule has 1 aliphatic heterocycles. The van der Waals surface area contributed by atoms with Crippen molar-refractivity contribution >= 4 is 11.6 Å². The maximum absolute atomic E-state index is 13.0. The fraction of sp³-hybridized carbons (Fsp3) is 0.632. The zero-order chi connectivity index (χ0) is 18.2. The minimum atomic E-state index is -0.941. The zero-order valence-corrected chi connectivity index (χ0v) is 15.4. The number of anilines is 1. The molecule has 3 N–H and O–H groups in total. The van der Waals surface area contributed by atoms with Crippen molar-refractivity contribution in [3.8, 4) is 11.5 Å². The molecule has 0 aromatic heterocycles. The van der Waals surface area contributed by atoms with Crippen LogP contribution in [0.25, 0.3) is 0 Å². The number of carbonyl (C=O) groups is 1. The van der Waals surface area contributed by atoms with Gasteiger partial charge in [0.2, 0.25) is 5.91 Å². The van der Waals surface area contributed by atoms with E-state index in [0.717, 1.165) is 19.4 Å². The molecule has 3 rings (SSSR count). The van der Waals surface area contributed by atoms with Crippen molar-refractivity contribution in [3.63, 3.8) is 0 Å². The van der Waals surface area contributed by atoms with E-state index in [1.165, 1.54) is 0 Å². The predicted molar refractivity (Wildman–Crippen MR) is 96.0 cm³/mol. The molecule has 2 fully saturated rings. The average Bonchev–Trinajstić information content (AvgIpc) is 2.61. The molecule has 1 aromatic carbocycles. The number of hydrogen-bond acceptors (Lipinski definition) is 5. The lowest BCUT2D eigenvalue weighted by Crippen LogP contribution is -2.81. The summed E-state index contributed by atoms with van der Waals surface area (Å²) in [6.45, 7) is 7.19. The van der Waals surface area contributed by atoms with Crippen molar-refractivity contribution in [2.75, 3.05) is 25.6 Å². The van der Waals surface area contributed by atoms with Crippen molar-refractivity contribution in [1.29, 1.82) is 0 Å². The van der Waals surface area contributed by atoms with Gasteiger partial charge >= 0.3 is 0 Å². The van der Waals surface area contributed by atoms with E-state index in [4.69, 9.17) is 19.9 Å². The normalized spacial score (nSPS) is 30.0. The summed E-state index contributed by atoms with van der Waals surface area (Å²) in [4.78, 5) is 13.0. The smallest absolute Gasteiger partial charge is 0.245 e. The third-order valence-electron chi connectivity index (χ3n) is 5.78. The summed E-state index contributed by atoms with van der Waals surface area (Å²) in [5.41, 5.74) is 5.93. The number of hydrogen-bond donors (Lipinski definition) is 2. The lowest BCUT2D eigenvalue weighted by atomic mass is 9.46. The van der Waals surface area contributed by atoms with Gasteiger partial charge in [0.1, 0.15) is 5.54 Å². The number of amides is 1. The van der Waals surface area contributed by atoms with E-state index in [-0.39, 0.29) is 17.9 Å². The van der Waals surface area contributed by atoms with Crippen LogP contribution in [-0.4, -0.2) is 37.9 Å². The predicted octanol–water partition coefficient (Wildman–Crippen LogP) is 2.56. The van der Waals surface area contributed by atoms with Gasteiger partial charge in [-0.05, 0) is 31.9 Å². The molecule has 1 aliphatic carbocycles. The van der Waals surface area contributed by atoms with Crippen LogP contribution in [0.15, 0.2) is 18.2 Å². The Balaban J connectivity index is 1.81. The van der Waals surface area contributed by atoms with Crippen LogP contribution >= 0.6 is 0 Å². The Morgan fingerprint density at radius 2 is 2.16 bits per heavy atom. The van der Waals surface area contributed by atoms with E-state index in [9.17, 15) is 4.79 Å². The summed E-state index contributed by atoms with van der Waals surface area (Å²) >= 11 is 0. The van der Waals surface area contributed by atoms with E-state index >= 15 is 0 Å². The molecule has 1 aromatic rings. The van der Waals surface area contributed by atoms with Crippen LogP contribution in [0, 0.1) is 11.3 Å². The first-order chi connectivity index (χ1) is 11.9. The summed E-state index contributed by atoms with van der Waals surface area (Å²) in [6, 6.07) is 5.34. The molecular formula is C19H28N2O4. The molecule has 3 atom stereocenters. The monoisotopic (exact) mass is 348 g/mol. The summed E-state index contributed by atoms with van der Waals surface area (Å²) in [5, 5.41) is 2.97. The summed E-state index contributed by atoms with van der Waals surface area (Å²) in [7, 11) is 1.59. The maximum Gasteiger partial charge on any atom is 0.245 e. The Bertz CT molecular complexity index is 661. The maximum atomic E-state index is 13.0. The van der Waals surface area contributed by atoms with Crippen LogP contribution in [-0.2, 0) is 9.53 Å². The van der Waals surface area contributed by atoms with Gasteiger partial charge in [0, 0.05) is 29.7 Å². The Kier molecular flexibility index (Phi) is 4.68. The summed E-state index contributed by atoms with van der Waals surface area (Å²) in [6.07, 6.45) is 1.91. The highest BCUT2D eigenvalue weighted by Gasteiger charge is 2.70. The lowest BCUT2D eigenvalue weighted by Gasteiger charge is -2.65. The highest BCUT2D eigenvalue weighted by Crippen LogP contribution is 2.57. The van der Waals surface area contributed by atoms with Crippen LogP contribution < -0.4 is 20.5 Å². The molecule has 6 nitrogen and oxygen atoms in total. The molecule has 1 amide bonds. The summed E-state index contributed by atoms with van der Waals surface area (Å²) < 4.78 is 16.7. The number of rotatable bonds is 5. The Morgan fingerprint density at radius 3 is 2.84 bits per heavy atom. The number of carbonyl (C=O) groups excluding carboxylic acids is 1. The van der Waals surface area contributed by atoms with Gasteiger partial charge in [-0.3, -0.25) is 4.79 Å². The molecule has 3 unspecified atom stereocenters. The van der Waals surface area contributed by atoms with Gasteiger partial charge < -0.3 is 25.3 Å². The molecule has 1 saturated heterocycles. The zero-order valence-electron chi connectivity index (χ0n) is 15.4. The molecule has 0 spiro atoms. The second kappa shape index (κ2) is 6.50. The Morgan fingerprint density at radius 1 is 1.40 bits per heavy atom. The highest BCUT2D eigenvalue weighted by atomic mass is 16.5. The second-order valence-electron chi connectivity index (χ2n) is 7.38.